The van der Waals surface area contributed by atoms with Crippen molar-refractivity contribution in [1.29, 1.82) is 0 Å². The zero-order valence-corrected chi connectivity index (χ0v) is 16.7. The van der Waals surface area contributed by atoms with Crippen molar-refractivity contribution in [3.05, 3.63) is 59.7 Å². The third-order valence-electron chi connectivity index (χ3n) is 5.40. The molecule has 4 atom stereocenters. The molecule has 2 aromatic carbocycles. The van der Waals surface area contributed by atoms with E-state index >= 15 is 0 Å². The van der Waals surface area contributed by atoms with Gasteiger partial charge in [0.2, 0.25) is 0 Å². The molecule has 0 bridgehead atoms. The summed E-state index contributed by atoms with van der Waals surface area (Å²) in [5, 5.41) is 6.13. The Bertz CT molecular complexity index is 832. The minimum atomic E-state index is -0.735. The molecule has 2 aliphatic rings. The molecule has 2 aromatic rings. The van der Waals surface area contributed by atoms with Crippen LogP contribution in [0.4, 0.5) is 16.2 Å². The number of benzene rings is 2. The number of rotatable bonds is 4. The van der Waals surface area contributed by atoms with E-state index in [0.29, 0.717) is 24.2 Å². The smallest absolute Gasteiger partial charge is 0.315 e. The Morgan fingerprint density at radius 1 is 0.862 bits per heavy atom. The number of carbonyl (C=O) groups excluding carboxylic acids is 1. The second kappa shape index (κ2) is 7.57. The lowest BCUT2D eigenvalue weighted by Crippen LogP contribution is -2.47. The van der Waals surface area contributed by atoms with Gasteiger partial charge in [-0.1, -0.05) is 24.3 Å². The first-order valence-electron chi connectivity index (χ1n) is 9.90. The summed E-state index contributed by atoms with van der Waals surface area (Å²) in [5.41, 5.74) is 15.3. The molecule has 0 saturated carbocycles. The molecular weight excluding hydrogens is 368 g/mol. The Balaban J connectivity index is 1.61. The van der Waals surface area contributed by atoms with Crippen molar-refractivity contribution in [2.75, 3.05) is 11.5 Å². The maximum absolute atomic E-state index is 12.6. The predicted octanol–water partition coefficient (Wildman–Crippen LogP) is 2.21. The van der Waals surface area contributed by atoms with E-state index in [4.69, 9.17) is 20.9 Å². The fraction of sp³-hybridized carbons (Fsp3) is 0.409. The van der Waals surface area contributed by atoms with Gasteiger partial charge in [0.15, 0.2) is 5.79 Å². The summed E-state index contributed by atoms with van der Waals surface area (Å²) in [5.74, 6) is -0.735. The molecule has 7 nitrogen and oxygen atoms in total. The topological polar surface area (TPSA) is 112 Å². The average molecular weight is 396 g/mol. The van der Waals surface area contributed by atoms with Gasteiger partial charge in [-0.25, -0.2) is 4.79 Å². The standard InChI is InChI=1S/C22H28N4O3/c1-22(2)28-19-17(11-13-5-3-7-15(23)9-13)25-21(27)26-18(20(19)29-22)12-14-6-4-8-16(24)10-14/h3-10,17-20H,11-12,23-24H2,1-2H3,(H2,25,26,27)/t17-,18-,19+,20+/m1/s1. The summed E-state index contributed by atoms with van der Waals surface area (Å²) in [7, 11) is 0. The molecule has 4 rings (SSSR count). The van der Waals surface area contributed by atoms with Gasteiger partial charge in [0, 0.05) is 11.4 Å². The average Bonchev–Trinajstić information content (AvgIpc) is 2.91. The molecule has 2 heterocycles. The maximum atomic E-state index is 12.6. The highest BCUT2D eigenvalue weighted by Gasteiger charge is 2.50. The minimum absolute atomic E-state index is 0.229. The van der Waals surface area contributed by atoms with E-state index in [1.807, 2.05) is 62.4 Å². The van der Waals surface area contributed by atoms with Crippen LogP contribution in [0.3, 0.4) is 0 Å². The second-order valence-electron chi connectivity index (χ2n) is 8.29. The van der Waals surface area contributed by atoms with E-state index in [1.54, 1.807) is 0 Å². The number of urea groups is 1. The van der Waals surface area contributed by atoms with E-state index in [9.17, 15) is 4.79 Å². The minimum Gasteiger partial charge on any atom is -0.399 e. The SMILES string of the molecule is CC1(C)O[C@@H]2[C@@H](O1)[C@@H](Cc1cccc(N)c1)NC(=O)N[C@@H]2Cc1cccc(N)c1. The van der Waals surface area contributed by atoms with Crippen molar-refractivity contribution in [3.8, 4) is 0 Å². The fourth-order valence-electron chi connectivity index (χ4n) is 4.26. The zero-order valence-electron chi connectivity index (χ0n) is 16.7. The molecule has 2 amide bonds. The Kier molecular flexibility index (Phi) is 5.10. The van der Waals surface area contributed by atoms with Gasteiger partial charge in [-0.05, 0) is 62.1 Å². The molecule has 6 N–H and O–H groups in total. The second-order valence-corrected chi connectivity index (χ2v) is 8.29. The van der Waals surface area contributed by atoms with Gasteiger partial charge in [0.1, 0.15) is 12.2 Å². The van der Waals surface area contributed by atoms with E-state index in [1.165, 1.54) is 0 Å². The van der Waals surface area contributed by atoms with Gasteiger partial charge in [-0.2, -0.15) is 0 Å². The zero-order chi connectivity index (χ0) is 20.6. The van der Waals surface area contributed by atoms with Crippen LogP contribution in [0.1, 0.15) is 25.0 Å². The lowest BCUT2D eigenvalue weighted by atomic mass is 9.92. The van der Waals surface area contributed by atoms with Gasteiger partial charge in [0.25, 0.3) is 0 Å². The van der Waals surface area contributed by atoms with Crippen LogP contribution in [0.25, 0.3) is 0 Å². The first-order chi connectivity index (χ1) is 13.8. The summed E-state index contributed by atoms with van der Waals surface area (Å²) >= 11 is 0. The number of fused-ring (bicyclic) bond motifs is 1. The highest BCUT2D eigenvalue weighted by atomic mass is 16.8. The number of hydrogen-bond acceptors (Lipinski definition) is 5. The third kappa shape index (κ3) is 4.46. The van der Waals surface area contributed by atoms with Crippen LogP contribution in [-0.2, 0) is 22.3 Å². The van der Waals surface area contributed by atoms with Crippen molar-refractivity contribution >= 4 is 17.4 Å². The first-order valence-corrected chi connectivity index (χ1v) is 9.90. The first kappa shape index (κ1) is 19.5. The molecule has 0 spiro atoms. The number of ether oxygens (including phenoxy) is 2. The van der Waals surface area contributed by atoms with Crippen LogP contribution in [0.15, 0.2) is 48.5 Å². The molecule has 7 heteroatoms. The van der Waals surface area contributed by atoms with Crippen molar-refractivity contribution in [2.24, 2.45) is 0 Å². The Morgan fingerprint density at radius 2 is 1.31 bits per heavy atom. The quantitative estimate of drug-likeness (QED) is 0.592. The Hall–Kier alpha value is -2.77. The molecule has 29 heavy (non-hydrogen) atoms. The van der Waals surface area contributed by atoms with Crippen LogP contribution >= 0.6 is 0 Å². The molecule has 2 fully saturated rings. The van der Waals surface area contributed by atoms with Crippen LogP contribution in [0.2, 0.25) is 0 Å². The molecule has 2 saturated heterocycles. The fourth-order valence-corrected chi connectivity index (χ4v) is 4.26. The van der Waals surface area contributed by atoms with E-state index in [0.717, 1.165) is 11.1 Å². The normalized spacial score (nSPS) is 28.1. The van der Waals surface area contributed by atoms with Crippen LogP contribution in [-0.4, -0.2) is 36.1 Å². The number of nitrogen functional groups attached to an aromatic ring is 2. The monoisotopic (exact) mass is 396 g/mol. The largest absolute Gasteiger partial charge is 0.399 e. The van der Waals surface area contributed by atoms with Gasteiger partial charge in [-0.15, -0.1) is 0 Å². The summed E-state index contributed by atoms with van der Waals surface area (Å²) in [6.45, 7) is 3.80. The van der Waals surface area contributed by atoms with Gasteiger partial charge in [0.05, 0.1) is 12.1 Å². The molecule has 2 aliphatic heterocycles. The number of anilines is 2. The van der Waals surface area contributed by atoms with Crippen molar-refractivity contribution in [2.45, 2.75) is 56.8 Å². The number of nitrogens with one attached hydrogen (secondary N) is 2. The van der Waals surface area contributed by atoms with Gasteiger partial charge < -0.3 is 31.6 Å². The molecule has 0 radical (unpaired) electrons. The summed E-state index contributed by atoms with van der Waals surface area (Å²) in [6.07, 6.45) is 0.613. The number of carbonyl (C=O) groups is 1. The number of hydrogen-bond donors (Lipinski definition) is 4. The van der Waals surface area contributed by atoms with E-state index in [2.05, 4.69) is 10.6 Å². The maximum Gasteiger partial charge on any atom is 0.315 e. The summed E-state index contributed by atoms with van der Waals surface area (Å²) in [6, 6.07) is 14.7. The molecule has 0 aromatic heterocycles. The molecule has 0 unspecified atom stereocenters. The number of nitrogens with two attached hydrogens (primary N) is 2. The predicted molar refractivity (Wildman–Crippen MR) is 112 cm³/mol. The van der Waals surface area contributed by atoms with Crippen molar-refractivity contribution in [1.82, 2.24) is 10.6 Å². The van der Waals surface area contributed by atoms with Gasteiger partial charge >= 0.3 is 6.03 Å². The summed E-state index contributed by atoms with van der Waals surface area (Å²) < 4.78 is 12.5. The highest BCUT2D eigenvalue weighted by molar-refractivity contribution is 5.75. The van der Waals surface area contributed by atoms with E-state index < -0.39 is 5.79 Å². The molecule has 0 aliphatic carbocycles. The Labute approximate surface area is 170 Å². The summed E-state index contributed by atoms with van der Waals surface area (Å²) in [4.78, 5) is 12.6. The third-order valence-corrected chi connectivity index (χ3v) is 5.40. The molecule has 154 valence electrons. The van der Waals surface area contributed by atoms with Crippen molar-refractivity contribution in [3.63, 3.8) is 0 Å². The number of amides is 2. The van der Waals surface area contributed by atoms with Gasteiger partial charge in [-0.3, -0.25) is 0 Å². The van der Waals surface area contributed by atoms with Crippen molar-refractivity contribution < 1.29 is 14.3 Å². The van der Waals surface area contributed by atoms with Crippen LogP contribution in [0.5, 0.6) is 0 Å². The highest BCUT2D eigenvalue weighted by Crippen LogP contribution is 2.34. The molecular formula is C22H28N4O3. The lowest BCUT2D eigenvalue weighted by molar-refractivity contribution is -0.150. The van der Waals surface area contributed by atoms with Crippen LogP contribution in [0, 0.1) is 0 Å². The Morgan fingerprint density at radius 3 is 1.72 bits per heavy atom. The lowest BCUT2D eigenvalue weighted by Gasteiger charge is -2.26. The van der Waals surface area contributed by atoms with E-state index in [-0.39, 0.29) is 30.3 Å². The van der Waals surface area contributed by atoms with Crippen LogP contribution < -0.4 is 22.1 Å².